The normalized spacial score (nSPS) is 9.73. The highest BCUT2D eigenvalue weighted by molar-refractivity contribution is 5.64. The number of rotatable bonds is 4. The van der Waals surface area contributed by atoms with Crippen LogP contribution in [0.4, 0.5) is 15.0 Å². The third kappa shape index (κ3) is 3.80. The highest BCUT2D eigenvalue weighted by atomic mass is 19.1. The first kappa shape index (κ1) is 11.2. The molecule has 2 N–H and O–H groups in total. The van der Waals surface area contributed by atoms with Crippen LogP contribution in [0.25, 0.3) is 0 Å². The Morgan fingerprint density at radius 2 is 2.40 bits per heavy atom. The number of anilines is 1. The van der Waals surface area contributed by atoms with Crippen LogP contribution in [0, 0.1) is 5.82 Å². The summed E-state index contributed by atoms with van der Waals surface area (Å²) in [5.74, 6) is 0.208. The summed E-state index contributed by atoms with van der Waals surface area (Å²) in [7, 11) is 1.75. The predicted octanol–water partition coefficient (Wildman–Crippen LogP) is 0.924. The molecule has 15 heavy (non-hydrogen) atoms. The first-order valence-electron chi connectivity index (χ1n) is 4.39. The molecule has 1 heterocycles. The molecule has 0 aliphatic heterocycles. The fourth-order valence-corrected chi connectivity index (χ4v) is 1.04. The number of nitrogens with one attached hydrogen (secondary N) is 1. The molecule has 5 nitrogen and oxygen atoms in total. The van der Waals surface area contributed by atoms with Crippen LogP contribution < -0.4 is 10.2 Å². The molecule has 1 aromatic heterocycles. The highest BCUT2D eigenvalue weighted by Gasteiger charge is 2.02. The highest BCUT2D eigenvalue weighted by Crippen LogP contribution is 2.07. The number of hydrogen-bond acceptors (Lipinski definition) is 3. The molecule has 0 aromatic carbocycles. The molecule has 0 saturated heterocycles. The number of halogens is 1. The van der Waals surface area contributed by atoms with E-state index in [0.717, 1.165) is 6.20 Å². The van der Waals surface area contributed by atoms with Crippen molar-refractivity contribution >= 4 is 11.9 Å². The van der Waals surface area contributed by atoms with E-state index < -0.39 is 11.9 Å². The second kappa shape index (κ2) is 5.14. The van der Waals surface area contributed by atoms with Crippen LogP contribution in [0.2, 0.25) is 0 Å². The summed E-state index contributed by atoms with van der Waals surface area (Å²) < 4.78 is 12.5. The Hall–Kier alpha value is -1.85. The van der Waals surface area contributed by atoms with Crippen molar-refractivity contribution in [1.82, 2.24) is 10.3 Å². The average Bonchev–Trinajstić information content (AvgIpc) is 2.18. The van der Waals surface area contributed by atoms with Crippen molar-refractivity contribution in [2.45, 2.75) is 0 Å². The molecule has 1 amide bonds. The van der Waals surface area contributed by atoms with Gasteiger partial charge in [-0.1, -0.05) is 0 Å². The quantitative estimate of drug-likeness (QED) is 0.780. The van der Waals surface area contributed by atoms with Gasteiger partial charge in [0.2, 0.25) is 0 Å². The smallest absolute Gasteiger partial charge is 0.404 e. The lowest BCUT2D eigenvalue weighted by Gasteiger charge is -2.17. The molecule has 1 rings (SSSR count). The third-order valence-electron chi connectivity index (χ3n) is 1.83. The molecule has 0 aliphatic rings. The minimum atomic E-state index is -1.06. The number of amides is 1. The van der Waals surface area contributed by atoms with Gasteiger partial charge < -0.3 is 15.3 Å². The van der Waals surface area contributed by atoms with Crippen molar-refractivity contribution in [2.24, 2.45) is 0 Å². The van der Waals surface area contributed by atoms with Crippen molar-refractivity contribution in [3.8, 4) is 0 Å². The zero-order chi connectivity index (χ0) is 11.3. The Balaban J connectivity index is 2.43. The zero-order valence-electron chi connectivity index (χ0n) is 8.27. The number of aromatic nitrogens is 1. The van der Waals surface area contributed by atoms with Gasteiger partial charge in [-0.05, 0) is 12.1 Å². The number of likely N-dealkylation sites (N-methyl/N-ethyl adjacent to an activating group) is 1. The summed E-state index contributed by atoms with van der Waals surface area (Å²) in [5, 5.41) is 10.6. The predicted molar refractivity (Wildman–Crippen MR) is 53.5 cm³/mol. The number of carbonyl (C=O) groups is 1. The van der Waals surface area contributed by atoms with Crippen molar-refractivity contribution in [2.75, 3.05) is 25.0 Å². The van der Waals surface area contributed by atoms with Gasteiger partial charge in [-0.15, -0.1) is 0 Å². The van der Waals surface area contributed by atoms with E-state index in [0.29, 0.717) is 18.9 Å². The minimum absolute atomic E-state index is 0.297. The van der Waals surface area contributed by atoms with Gasteiger partial charge in [-0.3, -0.25) is 0 Å². The molecule has 0 saturated carbocycles. The van der Waals surface area contributed by atoms with Gasteiger partial charge in [0.15, 0.2) is 0 Å². The molecule has 82 valence electrons. The Morgan fingerprint density at radius 3 is 2.93 bits per heavy atom. The summed E-state index contributed by atoms with van der Waals surface area (Å²) in [4.78, 5) is 15.8. The number of carboxylic acid groups (broad SMARTS) is 1. The molecular weight excluding hydrogens is 201 g/mol. The molecular formula is C9H12FN3O2. The molecule has 0 atom stereocenters. The van der Waals surface area contributed by atoms with E-state index in [2.05, 4.69) is 10.3 Å². The van der Waals surface area contributed by atoms with Crippen LogP contribution in [0.15, 0.2) is 18.3 Å². The van der Waals surface area contributed by atoms with E-state index in [1.807, 2.05) is 0 Å². The molecule has 0 radical (unpaired) electrons. The van der Waals surface area contributed by atoms with E-state index in [9.17, 15) is 9.18 Å². The summed E-state index contributed by atoms with van der Waals surface area (Å²) in [6.07, 6.45) is 0.0617. The average molecular weight is 213 g/mol. The number of pyridine rings is 1. The molecule has 0 aliphatic carbocycles. The molecule has 0 fully saturated rings. The lowest BCUT2D eigenvalue weighted by Crippen LogP contribution is -2.32. The maximum Gasteiger partial charge on any atom is 0.404 e. The van der Waals surface area contributed by atoms with Crippen LogP contribution in [0.1, 0.15) is 0 Å². The molecule has 0 bridgehead atoms. The lowest BCUT2D eigenvalue weighted by molar-refractivity contribution is 0.195. The van der Waals surface area contributed by atoms with Gasteiger partial charge in [-0.25, -0.2) is 14.2 Å². The van der Waals surface area contributed by atoms with E-state index in [4.69, 9.17) is 5.11 Å². The van der Waals surface area contributed by atoms with Crippen LogP contribution >= 0.6 is 0 Å². The SMILES string of the molecule is CN(CCNC(=O)O)c1ccc(F)cn1. The number of hydrogen-bond donors (Lipinski definition) is 2. The van der Waals surface area contributed by atoms with Crippen LogP contribution in [0.3, 0.4) is 0 Å². The van der Waals surface area contributed by atoms with Gasteiger partial charge >= 0.3 is 6.09 Å². The van der Waals surface area contributed by atoms with Crippen LogP contribution in [-0.4, -0.2) is 36.3 Å². The maximum absolute atomic E-state index is 12.5. The van der Waals surface area contributed by atoms with Crippen molar-refractivity contribution in [3.63, 3.8) is 0 Å². The second-order valence-corrected chi connectivity index (χ2v) is 2.99. The third-order valence-corrected chi connectivity index (χ3v) is 1.83. The summed E-state index contributed by atoms with van der Waals surface area (Å²) >= 11 is 0. The molecule has 0 unspecified atom stereocenters. The monoisotopic (exact) mass is 213 g/mol. The van der Waals surface area contributed by atoms with Gasteiger partial charge in [0, 0.05) is 20.1 Å². The summed E-state index contributed by atoms with van der Waals surface area (Å²) in [5.41, 5.74) is 0. The van der Waals surface area contributed by atoms with Crippen LogP contribution in [0.5, 0.6) is 0 Å². The van der Waals surface area contributed by atoms with E-state index in [-0.39, 0.29) is 0 Å². The fourth-order valence-electron chi connectivity index (χ4n) is 1.04. The minimum Gasteiger partial charge on any atom is -0.465 e. The largest absolute Gasteiger partial charge is 0.465 e. The number of nitrogens with zero attached hydrogens (tertiary/aromatic N) is 2. The second-order valence-electron chi connectivity index (χ2n) is 2.99. The summed E-state index contributed by atoms with van der Waals surface area (Å²) in [6.45, 7) is 0.774. The lowest BCUT2D eigenvalue weighted by atomic mass is 10.4. The Bertz CT molecular complexity index is 329. The van der Waals surface area contributed by atoms with Gasteiger partial charge in [0.05, 0.1) is 6.20 Å². The fraction of sp³-hybridized carbons (Fsp3) is 0.333. The van der Waals surface area contributed by atoms with E-state index in [1.165, 1.54) is 12.1 Å². The molecule has 1 aromatic rings. The van der Waals surface area contributed by atoms with Crippen LogP contribution in [-0.2, 0) is 0 Å². The Kier molecular flexibility index (Phi) is 3.84. The first-order chi connectivity index (χ1) is 7.09. The standard InChI is InChI=1S/C9H12FN3O2/c1-13(5-4-11-9(14)15)8-3-2-7(10)6-12-8/h2-3,6,11H,4-5H2,1H3,(H,14,15). The molecule has 6 heteroatoms. The van der Waals surface area contributed by atoms with Gasteiger partial charge in [0.25, 0.3) is 0 Å². The van der Waals surface area contributed by atoms with E-state index >= 15 is 0 Å². The maximum atomic E-state index is 12.5. The van der Waals surface area contributed by atoms with Crippen molar-refractivity contribution < 1.29 is 14.3 Å². The van der Waals surface area contributed by atoms with Crippen molar-refractivity contribution in [3.05, 3.63) is 24.1 Å². The Morgan fingerprint density at radius 1 is 1.67 bits per heavy atom. The topological polar surface area (TPSA) is 65.5 Å². The van der Waals surface area contributed by atoms with Crippen molar-refractivity contribution in [1.29, 1.82) is 0 Å². The first-order valence-corrected chi connectivity index (χ1v) is 4.39. The summed E-state index contributed by atoms with van der Waals surface area (Å²) in [6, 6.07) is 2.85. The Labute approximate surface area is 86.5 Å². The zero-order valence-corrected chi connectivity index (χ0v) is 8.27. The van der Waals surface area contributed by atoms with Gasteiger partial charge in [-0.2, -0.15) is 0 Å². The van der Waals surface area contributed by atoms with E-state index in [1.54, 1.807) is 11.9 Å². The molecule has 0 spiro atoms. The van der Waals surface area contributed by atoms with Gasteiger partial charge in [0.1, 0.15) is 11.6 Å².